The van der Waals surface area contributed by atoms with Gasteiger partial charge in [-0.3, -0.25) is 4.79 Å². The van der Waals surface area contributed by atoms with Crippen molar-refractivity contribution in [1.29, 1.82) is 0 Å². The van der Waals surface area contributed by atoms with E-state index in [1.54, 1.807) is 18.2 Å². The maximum absolute atomic E-state index is 12.0. The van der Waals surface area contributed by atoms with Gasteiger partial charge in [-0.2, -0.15) is 0 Å². The third-order valence-electron chi connectivity index (χ3n) is 3.63. The average Bonchev–Trinajstić information content (AvgIpc) is 2.94. The smallest absolute Gasteiger partial charge is 0.262 e. The van der Waals surface area contributed by atoms with Crippen LogP contribution in [0.15, 0.2) is 36.4 Å². The van der Waals surface area contributed by atoms with Crippen LogP contribution >= 0.6 is 23.2 Å². The number of fused-ring (bicyclic) bond motifs is 1. The number of ether oxygens (including phenoxy) is 1. The van der Waals surface area contributed by atoms with Crippen molar-refractivity contribution in [3.8, 4) is 5.75 Å². The second kappa shape index (κ2) is 6.59. The number of benzene rings is 2. The van der Waals surface area contributed by atoms with Crippen molar-refractivity contribution >= 4 is 34.8 Å². The number of hydrogen-bond acceptors (Lipinski definition) is 2. The highest BCUT2D eigenvalue weighted by atomic mass is 35.5. The highest BCUT2D eigenvalue weighted by molar-refractivity contribution is 6.35. The summed E-state index contributed by atoms with van der Waals surface area (Å²) in [5, 5.41) is 3.75. The minimum Gasteiger partial charge on any atom is -0.482 e. The van der Waals surface area contributed by atoms with Crippen molar-refractivity contribution in [3.05, 3.63) is 57.6 Å². The monoisotopic (exact) mass is 335 g/mol. The van der Waals surface area contributed by atoms with E-state index in [0.29, 0.717) is 15.8 Å². The lowest BCUT2D eigenvalue weighted by molar-refractivity contribution is -0.118. The minimum absolute atomic E-state index is 0.0988. The van der Waals surface area contributed by atoms with Gasteiger partial charge in [0.2, 0.25) is 0 Å². The molecule has 0 saturated heterocycles. The standard InChI is InChI=1S/C17H15Cl2NO2/c18-13-5-7-16(15(19)9-13)22-10-17(21)20-14-6-4-11-2-1-3-12(11)8-14/h4-9H,1-3,10H2,(H,20,21). The Morgan fingerprint density at radius 1 is 1.09 bits per heavy atom. The van der Waals surface area contributed by atoms with Gasteiger partial charge in [0.1, 0.15) is 5.75 Å². The predicted octanol–water partition coefficient (Wildman–Crippen LogP) is 4.50. The van der Waals surface area contributed by atoms with Crippen LogP contribution in [0, 0.1) is 0 Å². The van der Waals surface area contributed by atoms with Gasteiger partial charge in [-0.15, -0.1) is 0 Å². The summed E-state index contributed by atoms with van der Waals surface area (Å²) in [5.41, 5.74) is 3.50. The molecule has 2 aromatic rings. The van der Waals surface area contributed by atoms with E-state index < -0.39 is 0 Å². The molecule has 0 aliphatic heterocycles. The Kier molecular flexibility index (Phi) is 4.55. The Morgan fingerprint density at radius 3 is 2.73 bits per heavy atom. The van der Waals surface area contributed by atoms with Crippen molar-refractivity contribution < 1.29 is 9.53 Å². The van der Waals surface area contributed by atoms with Crippen LogP contribution in [0.3, 0.4) is 0 Å². The number of hydrogen-bond donors (Lipinski definition) is 1. The summed E-state index contributed by atoms with van der Waals surface area (Å²) in [6.07, 6.45) is 3.39. The second-order valence-corrected chi connectivity index (χ2v) is 6.09. The maximum atomic E-state index is 12.0. The Labute approximate surface area is 139 Å². The van der Waals surface area contributed by atoms with Crippen LogP contribution in [0.2, 0.25) is 10.0 Å². The van der Waals surface area contributed by atoms with E-state index in [-0.39, 0.29) is 12.5 Å². The Bertz CT molecular complexity index is 716. The molecule has 0 radical (unpaired) electrons. The average molecular weight is 336 g/mol. The molecule has 0 heterocycles. The molecule has 1 N–H and O–H groups in total. The molecule has 2 aromatic carbocycles. The lowest BCUT2D eigenvalue weighted by Crippen LogP contribution is -2.20. The molecule has 3 nitrogen and oxygen atoms in total. The van der Waals surface area contributed by atoms with E-state index in [2.05, 4.69) is 11.4 Å². The number of amides is 1. The highest BCUT2D eigenvalue weighted by Gasteiger charge is 2.12. The van der Waals surface area contributed by atoms with Crippen LogP contribution < -0.4 is 10.1 Å². The first kappa shape index (κ1) is 15.2. The molecule has 1 aliphatic carbocycles. The summed E-state index contributed by atoms with van der Waals surface area (Å²) in [4.78, 5) is 12.0. The first-order chi connectivity index (χ1) is 10.6. The SMILES string of the molecule is O=C(COc1ccc(Cl)cc1Cl)Nc1ccc2c(c1)CCC2. The summed E-state index contributed by atoms with van der Waals surface area (Å²) in [6.45, 7) is -0.0988. The molecule has 3 rings (SSSR count). The lowest BCUT2D eigenvalue weighted by Gasteiger charge is -2.10. The molecular formula is C17H15Cl2NO2. The highest BCUT2D eigenvalue weighted by Crippen LogP contribution is 2.28. The number of halogens is 2. The summed E-state index contributed by atoms with van der Waals surface area (Å²) in [5.74, 6) is 0.221. The first-order valence-electron chi connectivity index (χ1n) is 7.11. The van der Waals surface area contributed by atoms with Gasteiger partial charge in [0, 0.05) is 10.7 Å². The number of carbonyl (C=O) groups is 1. The van der Waals surface area contributed by atoms with E-state index in [1.165, 1.54) is 17.5 Å². The fourth-order valence-electron chi connectivity index (χ4n) is 2.58. The van der Waals surface area contributed by atoms with Gasteiger partial charge in [0.05, 0.1) is 5.02 Å². The molecule has 22 heavy (non-hydrogen) atoms. The van der Waals surface area contributed by atoms with Crippen molar-refractivity contribution in [2.24, 2.45) is 0 Å². The van der Waals surface area contributed by atoms with Crippen LogP contribution in [0.1, 0.15) is 17.5 Å². The van der Waals surface area contributed by atoms with Crippen LogP contribution in [-0.4, -0.2) is 12.5 Å². The van der Waals surface area contributed by atoms with Gasteiger partial charge in [-0.05, 0) is 60.7 Å². The van der Waals surface area contributed by atoms with Crippen LogP contribution in [-0.2, 0) is 17.6 Å². The fourth-order valence-corrected chi connectivity index (χ4v) is 3.05. The van der Waals surface area contributed by atoms with E-state index in [4.69, 9.17) is 27.9 Å². The third-order valence-corrected chi connectivity index (χ3v) is 4.17. The number of nitrogens with one attached hydrogen (secondary N) is 1. The van der Waals surface area contributed by atoms with Gasteiger partial charge in [0.15, 0.2) is 6.61 Å². The minimum atomic E-state index is -0.219. The molecule has 1 aliphatic rings. The van der Waals surface area contributed by atoms with Crippen molar-refractivity contribution in [1.82, 2.24) is 0 Å². The molecule has 0 atom stereocenters. The number of aryl methyl sites for hydroxylation is 2. The quantitative estimate of drug-likeness (QED) is 0.893. The summed E-state index contributed by atoms with van der Waals surface area (Å²) >= 11 is 11.8. The van der Waals surface area contributed by atoms with Crippen molar-refractivity contribution in [2.45, 2.75) is 19.3 Å². The second-order valence-electron chi connectivity index (χ2n) is 5.25. The molecule has 5 heteroatoms. The predicted molar refractivity (Wildman–Crippen MR) is 89.1 cm³/mol. The summed E-state index contributed by atoms with van der Waals surface area (Å²) in [7, 11) is 0. The van der Waals surface area contributed by atoms with E-state index in [9.17, 15) is 4.79 Å². The van der Waals surface area contributed by atoms with Crippen LogP contribution in [0.25, 0.3) is 0 Å². The molecular weight excluding hydrogens is 321 g/mol. The summed E-state index contributed by atoms with van der Waals surface area (Å²) in [6, 6.07) is 10.9. The van der Waals surface area contributed by atoms with E-state index >= 15 is 0 Å². The van der Waals surface area contributed by atoms with E-state index in [0.717, 1.165) is 18.5 Å². The Morgan fingerprint density at radius 2 is 1.91 bits per heavy atom. The third kappa shape index (κ3) is 3.54. The zero-order chi connectivity index (χ0) is 15.5. The normalized spacial score (nSPS) is 12.8. The molecule has 0 unspecified atom stereocenters. The van der Waals surface area contributed by atoms with Crippen molar-refractivity contribution in [3.63, 3.8) is 0 Å². The number of rotatable bonds is 4. The Hall–Kier alpha value is -1.71. The van der Waals surface area contributed by atoms with Crippen LogP contribution in [0.5, 0.6) is 5.75 Å². The molecule has 0 spiro atoms. The lowest BCUT2D eigenvalue weighted by atomic mass is 10.1. The van der Waals surface area contributed by atoms with Gasteiger partial charge >= 0.3 is 0 Å². The maximum Gasteiger partial charge on any atom is 0.262 e. The Balaban J connectivity index is 1.58. The molecule has 0 fully saturated rings. The van der Waals surface area contributed by atoms with Crippen LogP contribution in [0.4, 0.5) is 5.69 Å². The topological polar surface area (TPSA) is 38.3 Å². The van der Waals surface area contributed by atoms with Gasteiger partial charge in [0.25, 0.3) is 5.91 Å². The number of carbonyl (C=O) groups excluding carboxylic acids is 1. The summed E-state index contributed by atoms with van der Waals surface area (Å²) < 4.78 is 5.42. The fraction of sp³-hybridized carbons (Fsp3) is 0.235. The largest absolute Gasteiger partial charge is 0.482 e. The zero-order valence-corrected chi connectivity index (χ0v) is 13.4. The van der Waals surface area contributed by atoms with Gasteiger partial charge in [-0.1, -0.05) is 29.3 Å². The van der Waals surface area contributed by atoms with Gasteiger partial charge < -0.3 is 10.1 Å². The molecule has 1 amide bonds. The first-order valence-corrected chi connectivity index (χ1v) is 7.87. The molecule has 0 bridgehead atoms. The molecule has 114 valence electrons. The van der Waals surface area contributed by atoms with Crippen molar-refractivity contribution in [2.75, 3.05) is 11.9 Å². The number of anilines is 1. The van der Waals surface area contributed by atoms with E-state index in [1.807, 2.05) is 12.1 Å². The molecule has 0 saturated carbocycles. The molecule has 0 aromatic heterocycles. The van der Waals surface area contributed by atoms with Gasteiger partial charge in [-0.25, -0.2) is 0 Å². The zero-order valence-electron chi connectivity index (χ0n) is 11.9.